The minimum atomic E-state index is -3.55. The van der Waals surface area contributed by atoms with Gasteiger partial charge in [0.15, 0.2) is 15.0 Å². The Morgan fingerprint density at radius 1 is 1.10 bits per heavy atom. The van der Waals surface area contributed by atoms with E-state index < -0.39 is 9.84 Å². The molecular formula is C22H26N4O3S2. The molecule has 0 spiro atoms. The highest BCUT2D eigenvalue weighted by atomic mass is 32.2. The number of hydrogen-bond donors (Lipinski definition) is 1. The smallest absolute Gasteiger partial charge is 0.237 e. The van der Waals surface area contributed by atoms with Crippen molar-refractivity contribution in [3.8, 4) is 0 Å². The molecule has 2 aromatic carbocycles. The largest absolute Gasteiger partial charge is 0.325 e. The van der Waals surface area contributed by atoms with Gasteiger partial charge in [0.2, 0.25) is 5.91 Å². The van der Waals surface area contributed by atoms with Gasteiger partial charge in [-0.05, 0) is 50.1 Å². The third-order valence-electron chi connectivity index (χ3n) is 4.82. The standard InChI is InChI=1S/C22H26N4O3S2/c1-5-19(21(27)23-17-8-6-7-16(3)13-17)30-22-25-24-20(26(22)4)14-31(28,29)18-11-9-15(2)10-12-18/h6-13,19H,5,14H2,1-4H3,(H,23,27). The third-order valence-corrected chi connectivity index (χ3v) is 7.85. The molecule has 0 aliphatic carbocycles. The molecule has 1 atom stereocenters. The normalized spacial score (nSPS) is 12.5. The molecule has 1 N–H and O–H groups in total. The molecule has 3 aromatic rings. The topological polar surface area (TPSA) is 93.9 Å². The second-order valence-electron chi connectivity index (χ2n) is 7.40. The molecule has 0 bridgehead atoms. The Morgan fingerprint density at radius 2 is 1.81 bits per heavy atom. The summed E-state index contributed by atoms with van der Waals surface area (Å²) in [6, 6.07) is 14.3. The van der Waals surface area contributed by atoms with Crippen LogP contribution in [0.15, 0.2) is 58.6 Å². The molecule has 3 rings (SSSR count). The number of rotatable bonds is 8. The van der Waals surface area contributed by atoms with Gasteiger partial charge in [-0.3, -0.25) is 4.79 Å². The summed E-state index contributed by atoms with van der Waals surface area (Å²) in [5.41, 5.74) is 2.80. The highest BCUT2D eigenvalue weighted by Gasteiger charge is 2.24. The molecule has 9 heteroatoms. The van der Waals surface area contributed by atoms with Crippen molar-refractivity contribution in [1.82, 2.24) is 14.8 Å². The lowest BCUT2D eigenvalue weighted by Gasteiger charge is -2.14. The average Bonchev–Trinajstić information content (AvgIpc) is 3.05. The first-order valence-corrected chi connectivity index (χ1v) is 12.4. The minimum Gasteiger partial charge on any atom is -0.325 e. The first kappa shape index (κ1) is 23.0. The van der Waals surface area contributed by atoms with Crippen LogP contribution in [-0.2, 0) is 27.4 Å². The summed E-state index contributed by atoms with van der Waals surface area (Å²) in [4.78, 5) is 13.0. The van der Waals surface area contributed by atoms with Gasteiger partial charge in [-0.25, -0.2) is 8.42 Å². The molecule has 0 aliphatic heterocycles. The number of amides is 1. The Balaban J connectivity index is 1.72. The van der Waals surface area contributed by atoms with Crippen molar-refractivity contribution in [2.45, 2.75) is 48.2 Å². The van der Waals surface area contributed by atoms with E-state index in [-0.39, 0.29) is 21.8 Å². The molecular weight excluding hydrogens is 432 g/mol. The molecule has 0 saturated heterocycles. The number of benzene rings is 2. The van der Waals surface area contributed by atoms with Crippen LogP contribution in [-0.4, -0.2) is 34.3 Å². The number of hydrogen-bond acceptors (Lipinski definition) is 6. The molecule has 0 radical (unpaired) electrons. The second kappa shape index (κ2) is 9.65. The van der Waals surface area contributed by atoms with Crippen LogP contribution in [0.3, 0.4) is 0 Å². The Morgan fingerprint density at radius 3 is 2.45 bits per heavy atom. The van der Waals surface area contributed by atoms with E-state index in [0.29, 0.717) is 17.4 Å². The van der Waals surface area contributed by atoms with E-state index in [9.17, 15) is 13.2 Å². The summed E-state index contributed by atoms with van der Waals surface area (Å²) in [5.74, 6) is -0.0567. The van der Waals surface area contributed by atoms with Crippen molar-refractivity contribution in [1.29, 1.82) is 0 Å². The summed E-state index contributed by atoms with van der Waals surface area (Å²) < 4.78 is 27.1. The van der Waals surface area contributed by atoms with E-state index >= 15 is 0 Å². The molecule has 1 aromatic heterocycles. The van der Waals surface area contributed by atoms with Gasteiger partial charge in [-0.2, -0.15) is 0 Å². The quantitative estimate of drug-likeness (QED) is 0.514. The number of anilines is 1. The lowest BCUT2D eigenvalue weighted by molar-refractivity contribution is -0.115. The minimum absolute atomic E-state index is 0.130. The van der Waals surface area contributed by atoms with Gasteiger partial charge in [-0.15, -0.1) is 10.2 Å². The van der Waals surface area contributed by atoms with Crippen molar-refractivity contribution >= 4 is 33.2 Å². The molecule has 0 fully saturated rings. The summed E-state index contributed by atoms with van der Waals surface area (Å²) in [7, 11) is -1.83. The van der Waals surface area contributed by atoms with E-state index in [1.165, 1.54) is 11.8 Å². The van der Waals surface area contributed by atoms with Crippen molar-refractivity contribution in [2.24, 2.45) is 7.05 Å². The molecule has 164 valence electrons. The van der Waals surface area contributed by atoms with Crippen LogP contribution in [0.2, 0.25) is 0 Å². The Hall–Kier alpha value is -2.65. The van der Waals surface area contributed by atoms with Crippen molar-refractivity contribution in [3.63, 3.8) is 0 Å². The van der Waals surface area contributed by atoms with Gasteiger partial charge in [-0.1, -0.05) is 48.5 Å². The average molecular weight is 459 g/mol. The number of aromatic nitrogens is 3. The first-order chi connectivity index (χ1) is 14.7. The van der Waals surface area contributed by atoms with Crippen LogP contribution >= 0.6 is 11.8 Å². The highest BCUT2D eigenvalue weighted by molar-refractivity contribution is 8.00. The fraction of sp³-hybridized carbons (Fsp3) is 0.318. The molecule has 0 aliphatic rings. The lowest BCUT2D eigenvalue weighted by atomic mass is 10.2. The Kier molecular flexibility index (Phi) is 7.17. The highest BCUT2D eigenvalue weighted by Crippen LogP contribution is 2.26. The SMILES string of the molecule is CCC(Sc1nnc(CS(=O)(=O)c2ccc(C)cc2)n1C)C(=O)Nc1cccc(C)c1. The summed E-state index contributed by atoms with van der Waals surface area (Å²) >= 11 is 1.27. The van der Waals surface area contributed by atoms with E-state index in [1.54, 1.807) is 35.9 Å². The van der Waals surface area contributed by atoms with Crippen LogP contribution < -0.4 is 5.32 Å². The zero-order valence-corrected chi connectivity index (χ0v) is 19.6. The number of aryl methyl sites for hydroxylation is 2. The van der Waals surface area contributed by atoms with E-state index in [4.69, 9.17) is 0 Å². The van der Waals surface area contributed by atoms with Crippen LogP contribution in [0.5, 0.6) is 0 Å². The van der Waals surface area contributed by atoms with E-state index in [0.717, 1.165) is 16.8 Å². The number of thioether (sulfide) groups is 1. The van der Waals surface area contributed by atoms with Crippen molar-refractivity contribution < 1.29 is 13.2 Å². The molecule has 7 nitrogen and oxygen atoms in total. The molecule has 1 amide bonds. The first-order valence-electron chi connectivity index (χ1n) is 9.91. The maximum atomic E-state index is 12.7. The maximum Gasteiger partial charge on any atom is 0.237 e. The lowest BCUT2D eigenvalue weighted by Crippen LogP contribution is -2.25. The van der Waals surface area contributed by atoms with Gasteiger partial charge in [0, 0.05) is 12.7 Å². The molecule has 0 saturated carbocycles. The fourth-order valence-electron chi connectivity index (χ4n) is 2.97. The van der Waals surface area contributed by atoms with Crippen LogP contribution in [0, 0.1) is 13.8 Å². The summed E-state index contributed by atoms with van der Waals surface area (Å²) in [5, 5.41) is 11.2. The number of nitrogens with zero attached hydrogens (tertiary/aromatic N) is 3. The third kappa shape index (κ3) is 5.74. The number of nitrogens with one attached hydrogen (secondary N) is 1. The van der Waals surface area contributed by atoms with E-state index in [1.807, 2.05) is 45.0 Å². The molecule has 1 unspecified atom stereocenters. The number of carbonyl (C=O) groups excluding carboxylic acids is 1. The van der Waals surface area contributed by atoms with Crippen molar-refractivity contribution in [2.75, 3.05) is 5.32 Å². The van der Waals surface area contributed by atoms with Gasteiger partial charge in [0.25, 0.3) is 0 Å². The van der Waals surface area contributed by atoms with Gasteiger partial charge in [0.1, 0.15) is 11.6 Å². The molecule has 1 heterocycles. The zero-order valence-electron chi connectivity index (χ0n) is 18.0. The van der Waals surface area contributed by atoms with Gasteiger partial charge >= 0.3 is 0 Å². The predicted molar refractivity (Wildman–Crippen MR) is 123 cm³/mol. The monoisotopic (exact) mass is 458 g/mol. The second-order valence-corrected chi connectivity index (χ2v) is 10.6. The van der Waals surface area contributed by atoms with E-state index in [2.05, 4.69) is 15.5 Å². The van der Waals surface area contributed by atoms with Crippen LogP contribution in [0.4, 0.5) is 5.69 Å². The summed E-state index contributed by atoms with van der Waals surface area (Å²) in [6.07, 6.45) is 0.589. The number of sulfone groups is 1. The van der Waals surface area contributed by atoms with Crippen LogP contribution in [0.25, 0.3) is 0 Å². The Bertz CT molecular complexity index is 1170. The molecule has 31 heavy (non-hydrogen) atoms. The Labute approximate surface area is 187 Å². The zero-order chi connectivity index (χ0) is 22.6. The summed E-state index contributed by atoms with van der Waals surface area (Å²) in [6.45, 7) is 5.79. The fourth-order valence-corrected chi connectivity index (χ4v) is 5.21. The van der Waals surface area contributed by atoms with Gasteiger partial charge in [0.05, 0.1) is 10.1 Å². The van der Waals surface area contributed by atoms with Crippen molar-refractivity contribution in [3.05, 3.63) is 65.5 Å². The van der Waals surface area contributed by atoms with Crippen LogP contribution in [0.1, 0.15) is 30.3 Å². The predicted octanol–water partition coefficient (Wildman–Crippen LogP) is 3.92. The van der Waals surface area contributed by atoms with Gasteiger partial charge < -0.3 is 9.88 Å². The maximum absolute atomic E-state index is 12.7. The number of carbonyl (C=O) groups is 1.